The van der Waals surface area contributed by atoms with Gasteiger partial charge in [0.15, 0.2) is 16.6 Å². The maximum absolute atomic E-state index is 13.3. The number of alkyl halides is 2. The SMILES string of the molecule is COc1c(F)c(C(F)Br)cc(F)c1Cl. The van der Waals surface area contributed by atoms with Crippen molar-refractivity contribution in [3.8, 4) is 5.75 Å². The van der Waals surface area contributed by atoms with Gasteiger partial charge in [0.05, 0.1) is 7.11 Å². The van der Waals surface area contributed by atoms with Crippen molar-refractivity contribution in [2.24, 2.45) is 0 Å². The lowest BCUT2D eigenvalue weighted by Crippen LogP contribution is -1.98. The maximum Gasteiger partial charge on any atom is 0.183 e. The number of hydrogen-bond acceptors (Lipinski definition) is 1. The summed E-state index contributed by atoms with van der Waals surface area (Å²) in [6, 6.07) is 0.680. The van der Waals surface area contributed by atoms with E-state index < -0.39 is 33.1 Å². The summed E-state index contributed by atoms with van der Waals surface area (Å²) in [6.07, 6.45) is 0. The van der Waals surface area contributed by atoms with Crippen LogP contribution in [-0.4, -0.2) is 7.11 Å². The van der Waals surface area contributed by atoms with Crippen LogP contribution in [0, 0.1) is 11.6 Å². The van der Waals surface area contributed by atoms with E-state index in [4.69, 9.17) is 11.6 Å². The van der Waals surface area contributed by atoms with Crippen molar-refractivity contribution in [3.63, 3.8) is 0 Å². The smallest absolute Gasteiger partial charge is 0.183 e. The molecule has 1 nitrogen and oxygen atoms in total. The van der Waals surface area contributed by atoms with Gasteiger partial charge in [-0.3, -0.25) is 0 Å². The van der Waals surface area contributed by atoms with Gasteiger partial charge in [0, 0.05) is 5.56 Å². The van der Waals surface area contributed by atoms with Crippen molar-refractivity contribution in [2.75, 3.05) is 7.11 Å². The zero-order valence-corrected chi connectivity index (χ0v) is 9.29. The van der Waals surface area contributed by atoms with Crippen molar-refractivity contribution in [3.05, 3.63) is 28.3 Å². The number of rotatable bonds is 2. The predicted octanol–water partition coefficient (Wildman–Crippen LogP) is 3.99. The number of halogens is 5. The molecule has 0 saturated heterocycles. The van der Waals surface area contributed by atoms with Gasteiger partial charge in [-0.05, 0) is 22.0 Å². The Bertz CT molecular complexity index is 357. The minimum Gasteiger partial charge on any atom is -0.492 e. The van der Waals surface area contributed by atoms with Gasteiger partial charge in [-0.1, -0.05) is 11.6 Å². The van der Waals surface area contributed by atoms with Gasteiger partial charge >= 0.3 is 0 Å². The minimum absolute atomic E-state index is 0.483. The van der Waals surface area contributed by atoms with E-state index in [0.29, 0.717) is 6.07 Å². The fourth-order valence-electron chi connectivity index (χ4n) is 0.937. The Balaban J connectivity index is 3.42. The molecule has 1 unspecified atom stereocenters. The van der Waals surface area contributed by atoms with Gasteiger partial charge in [0.25, 0.3) is 0 Å². The van der Waals surface area contributed by atoms with Crippen LogP contribution in [0.4, 0.5) is 13.2 Å². The lowest BCUT2D eigenvalue weighted by Gasteiger charge is -2.09. The molecule has 0 heterocycles. The van der Waals surface area contributed by atoms with E-state index in [1.54, 1.807) is 0 Å². The molecule has 0 aromatic heterocycles. The number of methoxy groups -OCH3 is 1. The first-order chi connectivity index (χ1) is 6.49. The standard InChI is InChI=1S/C8H5BrClF3O/c1-14-7-5(10)4(11)2-3(6(7)12)8(9)13/h2,8H,1H3. The highest BCUT2D eigenvalue weighted by molar-refractivity contribution is 9.09. The summed E-state index contributed by atoms with van der Waals surface area (Å²) in [4.78, 5) is 0. The minimum atomic E-state index is -1.80. The van der Waals surface area contributed by atoms with E-state index in [-0.39, 0.29) is 0 Å². The third kappa shape index (κ3) is 1.98. The molecule has 0 N–H and O–H groups in total. The number of hydrogen-bond donors (Lipinski definition) is 0. The molecule has 0 saturated carbocycles. The van der Waals surface area contributed by atoms with Gasteiger partial charge in [-0.25, -0.2) is 13.2 Å². The topological polar surface area (TPSA) is 9.23 Å². The van der Waals surface area contributed by atoms with Gasteiger partial charge in [-0.2, -0.15) is 0 Å². The second-order valence-electron chi connectivity index (χ2n) is 2.41. The van der Waals surface area contributed by atoms with Gasteiger partial charge < -0.3 is 4.74 Å². The van der Waals surface area contributed by atoms with Crippen LogP contribution in [0.15, 0.2) is 6.07 Å². The molecule has 1 aromatic carbocycles. The Morgan fingerprint density at radius 1 is 1.50 bits per heavy atom. The molecule has 0 aliphatic rings. The molecule has 0 bridgehead atoms. The fourth-order valence-corrected chi connectivity index (χ4v) is 1.48. The van der Waals surface area contributed by atoms with Crippen molar-refractivity contribution in [1.82, 2.24) is 0 Å². The predicted molar refractivity (Wildman–Crippen MR) is 50.7 cm³/mol. The third-order valence-corrected chi connectivity index (χ3v) is 2.43. The van der Waals surface area contributed by atoms with Crippen LogP contribution in [0.2, 0.25) is 5.02 Å². The van der Waals surface area contributed by atoms with Gasteiger partial charge in [0.2, 0.25) is 0 Å². The molecule has 1 atom stereocenters. The van der Waals surface area contributed by atoms with Gasteiger partial charge in [-0.15, -0.1) is 0 Å². The molecule has 0 amide bonds. The second-order valence-corrected chi connectivity index (χ2v) is 3.59. The van der Waals surface area contributed by atoms with Crippen molar-refractivity contribution in [2.45, 2.75) is 5.08 Å². The monoisotopic (exact) mass is 288 g/mol. The summed E-state index contributed by atoms with van der Waals surface area (Å²) in [5, 5.41) is -2.30. The molecule has 14 heavy (non-hydrogen) atoms. The van der Waals surface area contributed by atoms with E-state index in [2.05, 4.69) is 20.7 Å². The first-order valence-corrected chi connectivity index (χ1v) is 4.78. The average Bonchev–Trinajstić information content (AvgIpc) is 2.12. The molecule has 0 spiro atoms. The number of benzene rings is 1. The molecular weight excluding hydrogens is 284 g/mol. The van der Waals surface area contributed by atoms with Crippen molar-refractivity contribution in [1.29, 1.82) is 0 Å². The first kappa shape index (κ1) is 11.7. The normalized spacial score (nSPS) is 12.7. The van der Waals surface area contributed by atoms with Crippen LogP contribution in [0.5, 0.6) is 5.75 Å². The summed E-state index contributed by atoms with van der Waals surface area (Å²) in [7, 11) is 1.12. The molecule has 1 aromatic rings. The third-order valence-electron chi connectivity index (χ3n) is 1.58. The Morgan fingerprint density at radius 2 is 2.07 bits per heavy atom. The van der Waals surface area contributed by atoms with E-state index in [0.717, 1.165) is 7.11 Å². The van der Waals surface area contributed by atoms with Crippen LogP contribution in [0.25, 0.3) is 0 Å². The van der Waals surface area contributed by atoms with E-state index in [9.17, 15) is 13.2 Å². The summed E-state index contributed by atoms with van der Waals surface area (Å²) in [6.45, 7) is 0. The van der Waals surface area contributed by atoms with Crippen LogP contribution >= 0.6 is 27.5 Å². The molecule has 0 aliphatic carbocycles. The summed E-state index contributed by atoms with van der Waals surface area (Å²) >= 11 is 7.88. The van der Waals surface area contributed by atoms with Crippen LogP contribution < -0.4 is 4.74 Å². The van der Waals surface area contributed by atoms with E-state index in [1.165, 1.54) is 0 Å². The average molecular weight is 289 g/mol. The largest absolute Gasteiger partial charge is 0.492 e. The van der Waals surface area contributed by atoms with Crippen molar-refractivity contribution >= 4 is 27.5 Å². The van der Waals surface area contributed by atoms with E-state index in [1.807, 2.05) is 0 Å². The Morgan fingerprint density at radius 3 is 2.50 bits per heavy atom. The lowest BCUT2D eigenvalue weighted by atomic mass is 10.2. The molecular formula is C8H5BrClF3O. The van der Waals surface area contributed by atoms with Gasteiger partial charge in [0.1, 0.15) is 10.8 Å². The molecule has 78 valence electrons. The van der Waals surface area contributed by atoms with Crippen LogP contribution in [0.3, 0.4) is 0 Å². The summed E-state index contributed by atoms with van der Waals surface area (Å²) < 4.78 is 43.6. The zero-order chi connectivity index (χ0) is 10.9. The Labute approximate surface area is 91.9 Å². The molecule has 6 heteroatoms. The summed E-state index contributed by atoms with van der Waals surface area (Å²) in [5.41, 5.74) is -0.483. The molecule has 0 fully saturated rings. The van der Waals surface area contributed by atoms with Crippen LogP contribution in [0.1, 0.15) is 10.6 Å². The first-order valence-electron chi connectivity index (χ1n) is 3.48. The highest BCUT2D eigenvalue weighted by atomic mass is 79.9. The van der Waals surface area contributed by atoms with Crippen molar-refractivity contribution < 1.29 is 17.9 Å². The van der Waals surface area contributed by atoms with E-state index >= 15 is 0 Å². The Kier molecular flexibility index (Phi) is 3.66. The highest BCUT2D eigenvalue weighted by Crippen LogP contribution is 2.37. The second kappa shape index (κ2) is 4.40. The fraction of sp³-hybridized carbons (Fsp3) is 0.250. The lowest BCUT2D eigenvalue weighted by molar-refractivity contribution is 0.372. The highest BCUT2D eigenvalue weighted by Gasteiger charge is 2.21. The zero-order valence-electron chi connectivity index (χ0n) is 6.95. The summed E-state index contributed by atoms with van der Waals surface area (Å²) in [5.74, 6) is -2.44. The quantitative estimate of drug-likeness (QED) is 0.591. The number of ether oxygens (including phenoxy) is 1. The molecule has 1 rings (SSSR count). The Hall–Kier alpha value is -0.420. The molecule has 0 aliphatic heterocycles. The van der Waals surface area contributed by atoms with Crippen LogP contribution in [-0.2, 0) is 0 Å². The molecule has 0 radical (unpaired) electrons. The maximum atomic E-state index is 13.3.